The van der Waals surface area contributed by atoms with Crippen LogP contribution in [-0.4, -0.2) is 68.2 Å². The largest absolute Gasteiger partial charge is 0.375 e. The molecule has 182 valence electrons. The summed E-state index contributed by atoms with van der Waals surface area (Å²) in [6.07, 6.45) is 1.50. The van der Waals surface area contributed by atoms with Crippen molar-refractivity contribution < 1.29 is 9.63 Å². The van der Waals surface area contributed by atoms with Crippen LogP contribution in [0.25, 0.3) is 31.7 Å². The van der Waals surface area contributed by atoms with E-state index in [0.29, 0.717) is 0 Å². The van der Waals surface area contributed by atoms with E-state index < -0.39 is 6.23 Å². The highest BCUT2D eigenvalue weighted by Crippen LogP contribution is 2.36. The molecule has 1 saturated heterocycles. The first kappa shape index (κ1) is 22.6. The van der Waals surface area contributed by atoms with E-state index in [2.05, 4.69) is 48.3 Å². The molecular formula is C26H25N7O2S. The van der Waals surface area contributed by atoms with E-state index in [1.165, 1.54) is 15.3 Å². The second kappa shape index (κ2) is 9.63. The van der Waals surface area contributed by atoms with Crippen LogP contribution in [0.2, 0.25) is 0 Å². The second-order valence-corrected chi connectivity index (χ2v) is 9.86. The molecule has 3 aromatic heterocycles. The maximum Gasteiger partial charge on any atom is 0.188 e. The second-order valence-electron chi connectivity index (χ2n) is 8.83. The summed E-state index contributed by atoms with van der Waals surface area (Å²) in [4.78, 5) is 35.5. The number of piperazine rings is 1. The predicted octanol–water partition coefficient (Wildman–Crippen LogP) is 3.66. The Balaban J connectivity index is 1.20. The Labute approximate surface area is 211 Å². The normalized spacial score (nSPS) is 15.4. The summed E-state index contributed by atoms with van der Waals surface area (Å²) in [7, 11) is 0. The fraction of sp³-hybridized carbons (Fsp3) is 0.269. The van der Waals surface area contributed by atoms with E-state index in [1.54, 1.807) is 24.6 Å². The smallest absolute Gasteiger partial charge is 0.188 e. The molecule has 0 saturated carbocycles. The van der Waals surface area contributed by atoms with Gasteiger partial charge in [0.1, 0.15) is 33.8 Å². The molecule has 1 aliphatic rings. The Morgan fingerprint density at radius 2 is 1.81 bits per heavy atom. The first-order valence-electron chi connectivity index (χ1n) is 11.9. The Hall–Kier alpha value is -3.89. The number of carbonyl (C=O) groups excluding carboxylic acids is 1. The van der Waals surface area contributed by atoms with E-state index in [4.69, 9.17) is 4.84 Å². The average molecular weight is 500 g/mol. The number of para-hydroxylation sites is 1. The van der Waals surface area contributed by atoms with Gasteiger partial charge in [0, 0.05) is 31.1 Å². The quantitative estimate of drug-likeness (QED) is 0.335. The number of carbonyl (C=O) groups is 1. The van der Waals surface area contributed by atoms with Crippen molar-refractivity contribution in [2.45, 2.75) is 19.6 Å². The number of nitrogens with zero attached hydrogens (tertiary/aromatic N) is 7. The van der Waals surface area contributed by atoms with Gasteiger partial charge in [0.2, 0.25) is 0 Å². The Morgan fingerprint density at radius 1 is 1.03 bits per heavy atom. The minimum atomic E-state index is -0.425. The van der Waals surface area contributed by atoms with Crippen molar-refractivity contribution in [3.63, 3.8) is 0 Å². The average Bonchev–Trinajstić information content (AvgIpc) is 3.53. The van der Waals surface area contributed by atoms with Crippen LogP contribution in [0.3, 0.4) is 0 Å². The molecule has 0 spiro atoms. The number of fused-ring (bicyclic) bond motifs is 2. The van der Waals surface area contributed by atoms with Crippen molar-refractivity contribution in [3.05, 3.63) is 67.0 Å². The maximum atomic E-state index is 12.1. The van der Waals surface area contributed by atoms with Crippen molar-refractivity contribution in [2.75, 3.05) is 31.1 Å². The highest BCUT2D eigenvalue weighted by molar-refractivity contribution is 7.21. The lowest BCUT2D eigenvalue weighted by atomic mass is 10.2. The third kappa shape index (κ3) is 4.40. The number of Topliss-reactive ketones (excluding diaryl/α,β-unsaturated/α-hetero) is 1. The highest BCUT2D eigenvalue weighted by atomic mass is 32.1. The van der Waals surface area contributed by atoms with E-state index in [1.807, 2.05) is 42.5 Å². The van der Waals surface area contributed by atoms with Gasteiger partial charge in [0.25, 0.3) is 0 Å². The van der Waals surface area contributed by atoms with Gasteiger partial charge in [0.05, 0.1) is 11.8 Å². The van der Waals surface area contributed by atoms with E-state index in [9.17, 15) is 4.79 Å². The number of hydrogen-bond acceptors (Lipinski definition) is 9. The van der Waals surface area contributed by atoms with Crippen LogP contribution < -0.4 is 9.74 Å². The number of benzene rings is 2. The molecule has 36 heavy (non-hydrogen) atoms. The zero-order valence-electron chi connectivity index (χ0n) is 19.8. The standard InChI is InChI=1S/C26H25N7O2S/c1-18(34)15-24(35-33-22-10-6-5-9-21(22)29-30-33)31-11-13-32(14-12-31)25-20-16-23(19-7-3-2-4-8-19)36-26(20)28-17-27-25/h2-10,16-17,24H,11-15H2,1H3. The number of anilines is 1. The van der Waals surface area contributed by atoms with Gasteiger partial charge >= 0.3 is 0 Å². The SMILES string of the molecule is CC(=O)CC(On1nnc2ccccc21)N1CCN(c2ncnc3sc(-c4ccccc4)cc23)CC1. The van der Waals surface area contributed by atoms with Gasteiger partial charge in [-0.3, -0.25) is 9.69 Å². The van der Waals surface area contributed by atoms with Gasteiger partial charge in [-0.2, -0.15) is 0 Å². The third-order valence-electron chi connectivity index (χ3n) is 6.39. The van der Waals surface area contributed by atoms with Crippen molar-refractivity contribution in [1.82, 2.24) is 30.0 Å². The van der Waals surface area contributed by atoms with Crippen LogP contribution in [0.5, 0.6) is 0 Å². The summed E-state index contributed by atoms with van der Waals surface area (Å²) < 4.78 is 0. The lowest BCUT2D eigenvalue weighted by Gasteiger charge is -2.38. The summed E-state index contributed by atoms with van der Waals surface area (Å²) in [6, 6.07) is 20.2. The zero-order valence-corrected chi connectivity index (χ0v) is 20.6. The zero-order chi connectivity index (χ0) is 24.5. The molecule has 6 rings (SSSR count). The van der Waals surface area contributed by atoms with E-state index in [0.717, 1.165) is 53.2 Å². The number of ketones is 1. The molecule has 1 aliphatic heterocycles. The molecule has 10 heteroatoms. The molecule has 9 nitrogen and oxygen atoms in total. The molecule has 0 radical (unpaired) electrons. The van der Waals surface area contributed by atoms with Crippen molar-refractivity contribution >= 4 is 44.2 Å². The van der Waals surface area contributed by atoms with Crippen molar-refractivity contribution in [1.29, 1.82) is 0 Å². The first-order valence-corrected chi connectivity index (χ1v) is 12.7. The lowest BCUT2D eigenvalue weighted by molar-refractivity contribution is -0.128. The van der Waals surface area contributed by atoms with Crippen LogP contribution in [0, 0.1) is 0 Å². The molecule has 0 bridgehead atoms. The number of hydrogen-bond donors (Lipinski definition) is 0. The monoisotopic (exact) mass is 499 g/mol. The molecule has 2 aromatic carbocycles. The molecule has 4 heterocycles. The van der Waals surface area contributed by atoms with Gasteiger partial charge in [-0.05, 0) is 35.9 Å². The van der Waals surface area contributed by atoms with Crippen LogP contribution in [0.4, 0.5) is 5.82 Å². The fourth-order valence-electron chi connectivity index (χ4n) is 4.58. The summed E-state index contributed by atoms with van der Waals surface area (Å²) >= 11 is 1.68. The van der Waals surface area contributed by atoms with Crippen molar-refractivity contribution in [2.24, 2.45) is 0 Å². The molecule has 5 aromatic rings. The highest BCUT2D eigenvalue weighted by Gasteiger charge is 2.29. The summed E-state index contributed by atoms with van der Waals surface area (Å²) in [5.74, 6) is 1.01. The lowest BCUT2D eigenvalue weighted by Crippen LogP contribution is -2.54. The summed E-state index contributed by atoms with van der Waals surface area (Å²) in [5, 5.41) is 9.37. The molecule has 1 fully saturated rings. The minimum absolute atomic E-state index is 0.0658. The maximum absolute atomic E-state index is 12.1. The van der Waals surface area contributed by atoms with Gasteiger partial charge in [-0.1, -0.05) is 47.3 Å². The molecule has 0 amide bonds. The predicted molar refractivity (Wildman–Crippen MR) is 140 cm³/mol. The molecule has 1 unspecified atom stereocenters. The van der Waals surface area contributed by atoms with Crippen LogP contribution >= 0.6 is 11.3 Å². The first-order chi connectivity index (χ1) is 17.7. The molecule has 0 N–H and O–H groups in total. The number of rotatable bonds is 7. The minimum Gasteiger partial charge on any atom is -0.375 e. The molecule has 0 aliphatic carbocycles. The Morgan fingerprint density at radius 3 is 2.61 bits per heavy atom. The van der Waals surface area contributed by atoms with Crippen LogP contribution in [-0.2, 0) is 4.79 Å². The van der Waals surface area contributed by atoms with E-state index >= 15 is 0 Å². The Kier molecular flexibility index (Phi) is 6.04. The summed E-state index contributed by atoms with van der Waals surface area (Å²) in [5.41, 5.74) is 2.71. The molecule has 1 atom stereocenters. The van der Waals surface area contributed by atoms with Crippen molar-refractivity contribution in [3.8, 4) is 10.4 Å². The molecular weight excluding hydrogens is 474 g/mol. The number of thiophene rings is 1. The number of aromatic nitrogens is 5. The van der Waals surface area contributed by atoms with Crippen LogP contribution in [0.15, 0.2) is 67.0 Å². The summed E-state index contributed by atoms with van der Waals surface area (Å²) in [6.45, 7) is 4.57. The fourth-order valence-corrected chi connectivity index (χ4v) is 5.58. The van der Waals surface area contributed by atoms with Gasteiger partial charge < -0.3 is 9.74 Å². The van der Waals surface area contributed by atoms with Gasteiger partial charge in [0.15, 0.2) is 6.23 Å². The van der Waals surface area contributed by atoms with Gasteiger partial charge in [-0.15, -0.1) is 16.4 Å². The topological polar surface area (TPSA) is 89.3 Å². The Bertz CT molecular complexity index is 1510. The van der Waals surface area contributed by atoms with E-state index in [-0.39, 0.29) is 12.2 Å². The van der Waals surface area contributed by atoms with Gasteiger partial charge in [-0.25, -0.2) is 9.97 Å². The van der Waals surface area contributed by atoms with Crippen LogP contribution in [0.1, 0.15) is 13.3 Å². The third-order valence-corrected chi connectivity index (χ3v) is 7.49.